The fourth-order valence-electron chi connectivity index (χ4n) is 3.23. The predicted molar refractivity (Wildman–Crippen MR) is 89.3 cm³/mol. The topological polar surface area (TPSA) is 32.8 Å². The van der Waals surface area contributed by atoms with Gasteiger partial charge in [0.1, 0.15) is 5.75 Å². The van der Waals surface area contributed by atoms with Crippen molar-refractivity contribution in [2.45, 2.75) is 38.1 Å². The summed E-state index contributed by atoms with van der Waals surface area (Å²) in [5.74, 6) is 1.23. The maximum Gasteiger partial charge on any atom is 0.222 e. The van der Waals surface area contributed by atoms with Gasteiger partial charge in [0.2, 0.25) is 5.91 Å². The van der Waals surface area contributed by atoms with Crippen molar-refractivity contribution in [2.75, 3.05) is 34.3 Å². The van der Waals surface area contributed by atoms with E-state index in [1.54, 1.807) is 7.11 Å². The summed E-state index contributed by atoms with van der Waals surface area (Å²) < 4.78 is 5.40. The summed E-state index contributed by atoms with van der Waals surface area (Å²) in [6.07, 6.45) is 2.95. The average Bonchev–Trinajstić information content (AvgIpc) is 2.92. The second-order valence-corrected chi connectivity index (χ2v) is 6.40. The number of carbonyl (C=O) groups excluding carboxylic acids is 1. The van der Waals surface area contributed by atoms with Crippen molar-refractivity contribution in [1.82, 2.24) is 9.80 Å². The minimum Gasteiger partial charge on any atom is -0.496 e. The lowest BCUT2D eigenvalue weighted by molar-refractivity contribution is -0.130. The zero-order valence-electron chi connectivity index (χ0n) is 14.2. The van der Waals surface area contributed by atoms with Crippen molar-refractivity contribution in [3.63, 3.8) is 0 Å². The number of amides is 1. The summed E-state index contributed by atoms with van der Waals surface area (Å²) in [5.41, 5.74) is 1.10. The van der Waals surface area contributed by atoms with Crippen LogP contribution in [0.4, 0.5) is 0 Å². The number of carbonyl (C=O) groups is 1. The lowest BCUT2D eigenvalue weighted by Gasteiger charge is -2.27. The first kappa shape index (κ1) is 16.8. The average molecular weight is 304 g/mol. The Bertz CT molecular complexity index is 504. The van der Waals surface area contributed by atoms with Crippen LogP contribution in [0.15, 0.2) is 24.3 Å². The van der Waals surface area contributed by atoms with Crippen molar-refractivity contribution in [2.24, 2.45) is 0 Å². The van der Waals surface area contributed by atoms with Gasteiger partial charge in [0, 0.05) is 26.1 Å². The third-order valence-corrected chi connectivity index (χ3v) is 4.73. The third-order valence-electron chi connectivity index (χ3n) is 4.73. The molecule has 0 aliphatic carbocycles. The maximum absolute atomic E-state index is 12.5. The van der Waals surface area contributed by atoms with Crippen molar-refractivity contribution in [3.05, 3.63) is 29.8 Å². The number of nitrogens with zero attached hydrogens (tertiary/aromatic N) is 2. The lowest BCUT2D eigenvalue weighted by Crippen LogP contribution is -2.39. The zero-order chi connectivity index (χ0) is 16.1. The minimum absolute atomic E-state index is 0.160. The molecule has 1 aromatic carbocycles. The van der Waals surface area contributed by atoms with Gasteiger partial charge in [-0.1, -0.05) is 25.1 Å². The molecule has 0 N–H and O–H groups in total. The van der Waals surface area contributed by atoms with E-state index in [1.165, 1.54) is 12.8 Å². The Labute approximate surface area is 134 Å². The van der Waals surface area contributed by atoms with Crippen molar-refractivity contribution >= 4 is 5.91 Å². The van der Waals surface area contributed by atoms with Crippen LogP contribution in [0.25, 0.3) is 0 Å². The Balaban J connectivity index is 1.92. The van der Waals surface area contributed by atoms with Crippen LogP contribution in [0.1, 0.15) is 37.7 Å². The molecule has 0 unspecified atom stereocenters. The highest BCUT2D eigenvalue weighted by Gasteiger charge is 2.25. The monoisotopic (exact) mass is 304 g/mol. The number of likely N-dealkylation sites (N-methyl/N-ethyl adjacent to an activating group) is 2. The number of benzene rings is 1. The molecule has 0 bridgehead atoms. The van der Waals surface area contributed by atoms with Gasteiger partial charge in [-0.3, -0.25) is 4.79 Å². The van der Waals surface area contributed by atoms with Crippen molar-refractivity contribution in [1.29, 1.82) is 0 Å². The molecule has 1 amide bonds. The van der Waals surface area contributed by atoms with Crippen LogP contribution >= 0.6 is 0 Å². The quantitative estimate of drug-likeness (QED) is 0.810. The van der Waals surface area contributed by atoms with E-state index in [4.69, 9.17) is 4.74 Å². The summed E-state index contributed by atoms with van der Waals surface area (Å²) >= 11 is 0. The Hall–Kier alpha value is -1.55. The van der Waals surface area contributed by atoms with Gasteiger partial charge in [0.05, 0.1) is 7.11 Å². The summed E-state index contributed by atoms with van der Waals surface area (Å²) in [4.78, 5) is 16.7. The number of likely N-dealkylation sites (tertiary alicyclic amines) is 1. The number of rotatable bonds is 6. The van der Waals surface area contributed by atoms with Crippen LogP contribution < -0.4 is 4.74 Å². The first-order valence-electron chi connectivity index (χ1n) is 8.10. The molecule has 4 heteroatoms. The summed E-state index contributed by atoms with van der Waals surface area (Å²) in [6.45, 7) is 4.06. The van der Waals surface area contributed by atoms with Gasteiger partial charge >= 0.3 is 0 Å². The summed E-state index contributed by atoms with van der Waals surface area (Å²) in [6, 6.07) is 8.46. The van der Waals surface area contributed by atoms with E-state index in [0.29, 0.717) is 12.5 Å². The molecule has 1 heterocycles. The van der Waals surface area contributed by atoms with Crippen LogP contribution in [0.2, 0.25) is 0 Å². The van der Waals surface area contributed by atoms with E-state index in [2.05, 4.69) is 18.9 Å². The van der Waals surface area contributed by atoms with Crippen LogP contribution in [-0.4, -0.2) is 56.0 Å². The number of methoxy groups -OCH3 is 1. The Kier molecular flexibility index (Phi) is 5.83. The van der Waals surface area contributed by atoms with Crippen LogP contribution in [0, 0.1) is 0 Å². The molecule has 1 fully saturated rings. The van der Waals surface area contributed by atoms with Gasteiger partial charge in [-0.15, -0.1) is 0 Å². The third kappa shape index (κ3) is 4.01. The molecule has 1 saturated heterocycles. The first-order valence-corrected chi connectivity index (χ1v) is 8.10. The summed E-state index contributed by atoms with van der Waals surface area (Å²) in [7, 11) is 5.74. The standard InChI is InChI=1S/C18H28N2O2/c1-14(16-9-5-6-10-17(16)22-4)12-18(21)20(3)13-15-8-7-11-19(15)2/h5-6,9-10,14-15H,7-8,11-13H2,1-4H3/t14-,15-/m1/s1. The Morgan fingerprint density at radius 2 is 2.18 bits per heavy atom. The molecule has 2 rings (SSSR count). The largest absolute Gasteiger partial charge is 0.496 e. The van der Waals surface area contributed by atoms with Gasteiger partial charge in [0.15, 0.2) is 0 Å². The van der Waals surface area contributed by atoms with E-state index in [-0.39, 0.29) is 11.8 Å². The molecule has 22 heavy (non-hydrogen) atoms. The van der Waals surface area contributed by atoms with Crippen LogP contribution in [0.3, 0.4) is 0 Å². The summed E-state index contributed by atoms with van der Waals surface area (Å²) in [5, 5.41) is 0. The van der Waals surface area contributed by atoms with Crippen molar-refractivity contribution in [3.8, 4) is 5.75 Å². The molecular formula is C18H28N2O2. The smallest absolute Gasteiger partial charge is 0.222 e. The highest BCUT2D eigenvalue weighted by atomic mass is 16.5. The number of para-hydroxylation sites is 1. The molecule has 0 saturated carbocycles. The minimum atomic E-state index is 0.160. The fourth-order valence-corrected chi connectivity index (χ4v) is 3.23. The maximum atomic E-state index is 12.5. The number of ether oxygens (including phenoxy) is 1. The molecule has 1 aromatic rings. The van der Waals surface area contributed by atoms with Gasteiger partial charge in [-0.2, -0.15) is 0 Å². The molecule has 0 spiro atoms. The molecule has 1 aliphatic rings. The lowest BCUT2D eigenvalue weighted by atomic mass is 9.96. The second kappa shape index (κ2) is 7.63. The molecule has 4 nitrogen and oxygen atoms in total. The van der Waals surface area contributed by atoms with E-state index < -0.39 is 0 Å². The molecule has 2 atom stereocenters. The molecular weight excluding hydrogens is 276 g/mol. The van der Waals surface area contributed by atoms with Gasteiger partial charge in [-0.25, -0.2) is 0 Å². The van der Waals surface area contributed by atoms with E-state index in [9.17, 15) is 4.79 Å². The predicted octanol–water partition coefficient (Wildman–Crippen LogP) is 2.74. The van der Waals surface area contributed by atoms with E-state index in [1.807, 2.05) is 36.2 Å². The van der Waals surface area contributed by atoms with Gasteiger partial charge in [0.25, 0.3) is 0 Å². The SMILES string of the molecule is COc1ccccc1[C@H](C)CC(=O)N(C)C[C@H]1CCCN1C. The van der Waals surface area contributed by atoms with Crippen molar-refractivity contribution < 1.29 is 9.53 Å². The van der Waals surface area contributed by atoms with E-state index >= 15 is 0 Å². The second-order valence-electron chi connectivity index (χ2n) is 6.40. The van der Waals surface area contributed by atoms with Gasteiger partial charge < -0.3 is 14.5 Å². The highest BCUT2D eigenvalue weighted by molar-refractivity contribution is 5.77. The Morgan fingerprint density at radius 1 is 1.45 bits per heavy atom. The number of hydrogen-bond acceptors (Lipinski definition) is 3. The van der Waals surface area contributed by atoms with E-state index in [0.717, 1.165) is 24.4 Å². The normalized spacial score (nSPS) is 19.9. The Morgan fingerprint density at radius 3 is 2.82 bits per heavy atom. The molecule has 0 radical (unpaired) electrons. The van der Waals surface area contributed by atoms with Gasteiger partial charge in [-0.05, 0) is 44.0 Å². The molecule has 0 aromatic heterocycles. The molecule has 1 aliphatic heterocycles. The first-order chi connectivity index (χ1) is 10.5. The molecule has 122 valence electrons. The zero-order valence-corrected chi connectivity index (χ0v) is 14.2. The highest BCUT2D eigenvalue weighted by Crippen LogP contribution is 2.28. The van der Waals surface area contributed by atoms with Crippen LogP contribution in [-0.2, 0) is 4.79 Å². The van der Waals surface area contributed by atoms with Crippen LogP contribution in [0.5, 0.6) is 5.75 Å². The fraction of sp³-hybridized carbons (Fsp3) is 0.611. The number of hydrogen-bond donors (Lipinski definition) is 0.